The van der Waals surface area contributed by atoms with Crippen molar-refractivity contribution in [2.24, 2.45) is 5.92 Å². The van der Waals surface area contributed by atoms with Crippen molar-refractivity contribution in [1.82, 2.24) is 10.0 Å². The van der Waals surface area contributed by atoms with E-state index >= 15 is 0 Å². The fraction of sp³-hybridized carbons (Fsp3) is 1.00. The smallest absolute Gasteiger partial charge is 0.215 e. The highest BCUT2D eigenvalue weighted by Crippen LogP contribution is 2.09. The second kappa shape index (κ2) is 7.25. The molecule has 0 fully saturated rings. The van der Waals surface area contributed by atoms with Crippen LogP contribution in [0.2, 0.25) is 0 Å². The second-order valence-electron chi connectivity index (χ2n) is 4.54. The summed E-state index contributed by atoms with van der Waals surface area (Å²) in [7, 11) is -3.20. The number of hydrogen-bond donors (Lipinski definition) is 2. The first-order valence-electron chi connectivity index (χ1n) is 6.07. The Kier molecular flexibility index (Phi) is 7.19. The lowest BCUT2D eigenvalue weighted by atomic mass is 10.0. The summed E-state index contributed by atoms with van der Waals surface area (Å²) in [5, 5.41) is 2.67. The molecule has 0 radical (unpaired) electrons. The Balaban J connectivity index is 4.42. The molecule has 0 bridgehead atoms. The molecule has 0 aliphatic rings. The van der Waals surface area contributed by atoms with Gasteiger partial charge in [0.25, 0.3) is 0 Å². The van der Waals surface area contributed by atoms with Crippen molar-refractivity contribution < 1.29 is 8.42 Å². The molecular formula is C11H26N2O2S. The van der Waals surface area contributed by atoms with Crippen LogP contribution in [0.1, 0.15) is 41.0 Å². The Morgan fingerprint density at radius 2 is 1.69 bits per heavy atom. The van der Waals surface area contributed by atoms with Crippen LogP contribution in [0.25, 0.3) is 0 Å². The summed E-state index contributed by atoms with van der Waals surface area (Å²) in [4.78, 5) is 0. The molecule has 0 aliphatic heterocycles. The minimum atomic E-state index is -3.20. The first kappa shape index (κ1) is 15.9. The van der Waals surface area contributed by atoms with E-state index in [0.717, 1.165) is 13.0 Å². The van der Waals surface area contributed by atoms with Crippen molar-refractivity contribution in [2.45, 2.75) is 52.3 Å². The van der Waals surface area contributed by atoms with E-state index in [-0.39, 0.29) is 11.3 Å². The maximum absolute atomic E-state index is 12.0. The molecule has 2 atom stereocenters. The standard InChI is InChI=1S/C11H26N2O2S/c1-6-11(9(3)4)13-16(14,15)10(5)8-12-7-2/h9-13H,6-8H2,1-5H3. The minimum absolute atomic E-state index is 0.0362. The quantitative estimate of drug-likeness (QED) is 0.683. The van der Waals surface area contributed by atoms with E-state index in [2.05, 4.69) is 10.0 Å². The van der Waals surface area contributed by atoms with Crippen LogP contribution in [0.3, 0.4) is 0 Å². The van der Waals surface area contributed by atoms with Crippen molar-refractivity contribution in [3.63, 3.8) is 0 Å². The van der Waals surface area contributed by atoms with Crippen LogP contribution in [0.15, 0.2) is 0 Å². The Labute approximate surface area is 100 Å². The van der Waals surface area contributed by atoms with Gasteiger partial charge in [-0.15, -0.1) is 0 Å². The van der Waals surface area contributed by atoms with Crippen LogP contribution < -0.4 is 10.0 Å². The third-order valence-corrected chi connectivity index (χ3v) is 4.63. The van der Waals surface area contributed by atoms with Crippen molar-refractivity contribution in [1.29, 1.82) is 0 Å². The molecule has 0 aromatic rings. The third kappa shape index (κ3) is 5.27. The monoisotopic (exact) mass is 250 g/mol. The molecule has 0 aromatic carbocycles. The highest BCUT2D eigenvalue weighted by atomic mass is 32.2. The molecule has 16 heavy (non-hydrogen) atoms. The van der Waals surface area contributed by atoms with Crippen LogP contribution in [0.5, 0.6) is 0 Å². The zero-order valence-electron chi connectivity index (χ0n) is 11.1. The molecular weight excluding hydrogens is 224 g/mol. The number of nitrogens with one attached hydrogen (secondary N) is 2. The van der Waals surface area contributed by atoms with Crippen LogP contribution >= 0.6 is 0 Å². The van der Waals surface area contributed by atoms with Gasteiger partial charge in [0, 0.05) is 12.6 Å². The number of sulfonamides is 1. The predicted octanol–water partition coefficient (Wildman–Crippen LogP) is 1.34. The Morgan fingerprint density at radius 3 is 2.06 bits per heavy atom. The summed E-state index contributed by atoms with van der Waals surface area (Å²) >= 11 is 0. The van der Waals surface area contributed by atoms with Gasteiger partial charge in [0.05, 0.1) is 5.25 Å². The predicted molar refractivity (Wildman–Crippen MR) is 69.0 cm³/mol. The average molecular weight is 250 g/mol. The minimum Gasteiger partial charge on any atom is -0.316 e. The fourth-order valence-electron chi connectivity index (χ4n) is 1.48. The summed E-state index contributed by atoms with van der Waals surface area (Å²) in [5.41, 5.74) is 0. The van der Waals surface area contributed by atoms with Crippen LogP contribution in [-0.2, 0) is 10.0 Å². The largest absolute Gasteiger partial charge is 0.316 e. The van der Waals surface area contributed by atoms with E-state index in [4.69, 9.17) is 0 Å². The first-order chi connectivity index (χ1) is 7.35. The van der Waals surface area contributed by atoms with Gasteiger partial charge < -0.3 is 5.32 Å². The highest BCUT2D eigenvalue weighted by Gasteiger charge is 2.24. The molecule has 0 amide bonds. The first-order valence-corrected chi connectivity index (χ1v) is 7.61. The summed E-state index contributed by atoms with van der Waals surface area (Å²) in [5.74, 6) is 0.325. The van der Waals surface area contributed by atoms with Gasteiger partial charge in [0.2, 0.25) is 10.0 Å². The van der Waals surface area contributed by atoms with Gasteiger partial charge in [-0.05, 0) is 25.8 Å². The van der Waals surface area contributed by atoms with Crippen LogP contribution in [0.4, 0.5) is 0 Å². The number of hydrogen-bond acceptors (Lipinski definition) is 3. The normalized spacial score (nSPS) is 16.4. The second-order valence-corrected chi connectivity index (χ2v) is 6.67. The number of rotatable bonds is 8. The van der Waals surface area contributed by atoms with Crippen molar-refractivity contribution in [2.75, 3.05) is 13.1 Å². The Morgan fingerprint density at radius 1 is 1.12 bits per heavy atom. The molecule has 5 heteroatoms. The highest BCUT2D eigenvalue weighted by molar-refractivity contribution is 7.90. The lowest BCUT2D eigenvalue weighted by molar-refractivity contribution is 0.434. The van der Waals surface area contributed by atoms with Gasteiger partial charge >= 0.3 is 0 Å². The third-order valence-electron chi connectivity index (χ3n) is 2.77. The summed E-state index contributed by atoms with van der Waals surface area (Å²) in [6.07, 6.45) is 0.824. The van der Waals surface area contributed by atoms with E-state index in [0.29, 0.717) is 12.5 Å². The van der Waals surface area contributed by atoms with Crippen LogP contribution in [-0.4, -0.2) is 32.8 Å². The molecule has 0 aliphatic carbocycles. The molecule has 0 rings (SSSR count). The van der Waals surface area contributed by atoms with Gasteiger partial charge in [-0.1, -0.05) is 27.7 Å². The van der Waals surface area contributed by atoms with E-state index in [9.17, 15) is 8.42 Å². The molecule has 0 saturated heterocycles. The summed E-state index contributed by atoms with van der Waals surface area (Å²) < 4.78 is 26.7. The zero-order chi connectivity index (χ0) is 12.8. The molecule has 0 saturated carbocycles. The van der Waals surface area contributed by atoms with Crippen molar-refractivity contribution in [3.8, 4) is 0 Å². The van der Waals surface area contributed by atoms with Gasteiger partial charge in [-0.2, -0.15) is 0 Å². The lowest BCUT2D eigenvalue weighted by Gasteiger charge is -2.23. The topological polar surface area (TPSA) is 58.2 Å². The van der Waals surface area contributed by atoms with Gasteiger partial charge in [0.15, 0.2) is 0 Å². The maximum Gasteiger partial charge on any atom is 0.215 e. The van der Waals surface area contributed by atoms with E-state index in [1.54, 1.807) is 6.92 Å². The lowest BCUT2D eigenvalue weighted by Crippen LogP contribution is -2.45. The Hall–Kier alpha value is -0.130. The molecule has 98 valence electrons. The van der Waals surface area contributed by atoms with Crippen molar-refractivity contribution in [3.05, 3.63) is 0 Å². The molecule has 2 unspecified atom stereocenters. The van der Waals surface area contributed by atoms with Gasteiger partial charge in [-0.3, -0.25) is 0 Å². The molecule has 4 nitrogen and oxygen atoms in total. The van der Waals surface area contributed by atoms with E-state index < -0.39 is 10.0 Å². The van der Waals surface area contributed by atoms with E-state index in [1.807, 2.05) is 27.7 Å². The summed E-state index contributed by atoms with van der Waals surface area (Å²) in [6.45, 7) is 11.1. The molecule has 0 spiro atoms. The van der Waals surface area contributed by atoms with Crippen LogP contribution in [0, 0.1) is 5.92 Å². The summed E-state index contributed by atoms with van der Waals surface area (Å²) in [6, 6.07) is 0.0362. The SMILES string of the molecule is CCNCC(C)S(=O)(=O)NC(CC)C(C)C. The zero-order valence-corrected chi connectivity index (χ0v) is 11.9. The van der Waals surface area contributed by atoms with Gasteiger partial charge in [-0.25, -0.2) is 13.1 Å². The van der Waals surface area contributed by atoms with E-state index in [1.165, 1.54) is 0 Å². The molecule has 0 heterocycles. The maximum atomic E-state index is 12.0. The average Bonchev–Trinajstić information content (AvgIpc) is 2.21. The molecule has 2 N–H and O–H groups in total. The van der Waals surface area contributed by atoms with Gasteiger partial charge in [0.1, 0.15) is 0 Å². The van der Waals surface area contributed by atoms with Crippen molar-refractivity contribution >= 4 is 10.0 Å². The fourth-order valence-corrected chi connectivity index (χ4v) is 2.91. The Bertz CT molecular complexity index is 276. The molecule has 0 aromatic heterocycles.